The molecule has 15 heteroatoms. The van der Waals surface area contributed by atoms with E-state index in [1.165, 1.54) is 44.6 Å². The highest BCUT2D eigenvalue weighted by Crippen LogP contribution is 2.40. The van der Waals surface area contributed by atoms with Gasteiger partial charge in [-0.3, -0.25) is 14.9 Å². The summed E-state index contributed by atoms with van der Waals surface area (Å²) in [5.41, 5.74) is 2.47. The Bertz CT molecular complexity index is 1570. The van der Waals surface area contributed by atoms with Gasteiger partial charge < -0.3 is 29.3 Å². The number of esters is 1. The summed E-state index contributed by atoms with van der Waals surface area (Å²) < 4.78 is 16.1. The van der Waals surface area contributed by atoms with Gasteiger partial charge in [-0.25, -0.2) is 0 Å². The quantitative estimate of drug-likeness (QED) is 0.0703. The Labute approximate surface area is 265 Å². The van der Waals surface area contributed by atoms with Gasteiger partial charge in [0.1, 0.15) is 22.9 Å². The minimum atomic E-state index is -0.570. The number of nitro benzene ring substituents is 1. The number of carbonyl (C=O) groups is 1. The summed E-state index contributed by atoms with van der Waals surface area (Å²) in [6.07, 6.45) is 0.865. The van der Waals surface area contributed by atoms with Gasteiger partial charge in [0.15, 0.2) is 0 Å². The highest BCUT2D eigenvalue weighted by molar-refractivity contribution is 6.33. The number of methoxy groups -OCH3 is 2. The molecule has 0 aliphatic heterocycles. The number of rotatable bonds is 16. The van der Waals surface area contributed by atoms with Crippen molar-refractivity contribution < 1.29 is 34.1 Å². The average molecular weight is 643 g/mol. The van der Waals surface area contributed by atoms with E-state index < -0.39 is 11.5 Å². The molecule has 0 bridgehead atoms. The third-order valence-electron chi connectivity index (χ3n) is 6.61. The minimum absolute atomic E-state index is 0.0377. The van der Waals surface area contributed by atoms with Crippen LogP contribution in [0.25, 0.3) is 0 Å². The Morgan fingerprint density at radius 2 is 1.49 bits per heavy atom. The second-order valence-electron chi connectivity index (χ2n) is 9.40. The minimum Gasteiger partial charge on any atom is -0.495 e. The first kappa shape index (κ1) is 34.8. The monoisotopic (exact) mass is 642 g/mol. The molecule has 0 fully saturated rings. The summed E-state index contributed by atoms with van der Waals surface area (Å²) in [4.78, 5) is 24.2. The molecular weight excluding hydrogens is 608 g/mol. The fraction of sp³-hybridized carbons (Fsp3) is 0.367. The zero-order chi connectivity index (χ0) is 32.9. The molecule has 240 valence electrons. The molecular formula is C30H35ClN6O8. The van der Waals surface area contributed by atoms with Crippen LogP contribution in [0, 0.1) is 10.1 Å². The molecule has 0 saturated heterocycles. The van der Waals surface area contributed by atoms with Crippen molar-refractivity contribution in [2.75, 3.05) is 38.8 Å². The SMILES string of the molecule is CCOC(=O)CCCN(CC)c1cc(CO)c(N=Nc2cc(CO)c(N=Nc3ccc([N+](=O)[O-])cc3Cl)cc2OC)cc1OC. The highest BCUT2D eigenvalue weighted by atomic mass is 35.5. The molecule has 14 nitrogen and oxygen atoms in total. The fourth-order valence-electron chi connectivity index (χ4n) is 4.30. The topological polar surface area (TPSA) is 181 Å². The molecule has 0 atom stereocenters. The van der Waals surface area contributed by atoms with Crippen molar-refractivity contribution in [1.29, 1.82) is 0 Å². The van der Waals surface area contributed by atoms with Crippen molar-refractivity contribution >= 4 is 51.7 Å². The van der Waals surface area contributed by atoms with Gasteiger partial charge in [-0.2, -0.15) is 0 Å². The lowest BCUT2D eigenvalue weighted by Crippen LogP contribution is -2.25. The van der Waals surface area contributed by atoms with Crippen LogP contribution >= 0.6 is 11.6 Å². The number of hydrogen-bond acceptors (Lipinski definition) is 13. The smallest absolute Gasteiger partial charge is 0.305 e. The van der Waals surface area contributed by atoms with Gasteiger partial charge in [0.25, 0.3) is 5.69 Å². The van der Waals surface area contributed by atoms with Crippen molar-refractivity contribution in [3.8, 4) is 11.5 Å². The first-order valence-corrected chi connectivity index (χ1v) is 14.4. The van der Waals surface area contributed by atoms with E-state index in [0.717, 1.165) is 5.69 Å². The predicted octanol–water partition coefficient (Wildman–Crippen LogP) is 7.25. The van der Waals surface area contributed by atoms with E-state index in [0.29, 0.717) is 48.7 Å². The van der Waals surface area contributed by atoms with Gasteiger partial charge in [0, 0.05) is 54.9 Å². The first-order valence-electron chi connectivity index (χ1n) is 14.0. The maximum absolute atomic E-state index is 11.8. The third-order valence-corrected chi connectivity index (χ3v) is 6.91. The van der Waals surface area contributed by atoms with Crippen LogP contribution in [0.1, 0.15) is 37.8 Å². The molecule has 3 aromatic rings. The van der Waals surface area contributed by atoms with Crippen LogP contribution in [0.4, 0.5) is 34.1 Å². The third kappa shape index (κ3) is 9.17. The number of non-ortho nitro benzene ring substituents is 1. The van der Waals surface area contributed by atoms with Crippen LogP contribution in [0.5, 0.6) is 11.5 Å². The number of aliphatic hydroxyl groups excluding tert-OH is 2. The second-order valence-corrected chi connectivity index (χ2v) is 9.81. The molecule has 3 rings (SSSR count). The Kier molecular flexibility index (Phi) is 13.1. The van der Waals surface area contributed by atoms with Crippen molar-refractivity contribution in [3.63, 3.8) is 0 Å². The highest BCUT2D eigenvalue weighted by Gasteiger charge is 2.17. The molecule has 0 aliphatic rings. The van der Waals surface area contributed by atoms with Crippen LogP contribution < -0.4 is 14.4 Å². The van der Waals surface area contributed by atoms with Crippen LogP contribution in [0.15, 0.2) is 62.9 Å². The van der Waals surface area contributed by atoms with E-state index >= 15 is 0 Å². The van der Waals surface area contributed by atoms with Crippen LogP contribution in [-0.2, 0) is 22.7 Å². The van der Waals surface area contributed by atoms with E-state index in [9.17, 15) is 25.1 Å². The second kappa shape index (κ2) is 17.0. The number of aliphatic hydroxyl groups is 2. The van der Waals surface area contributed by atoms with E-state index in [-0.39, 0.29) is 52.5 Å². The van der Waals surface area contributed by atoms with Crippen molar-refractivity contribution in [1.82, 2.24) is 0 Å². The van der Waals surface area contributed by atoms with E-state index in [4.69, 9.17) is 25.8 Å². The number of carbonyl (C=O) groups excluding carboxylic acids is 1. The van der Waals surface area contributed by atoms with Gasteiger partial charge in [0.05, 0.1) is 61.0 Å². The van der Waals surface area contributed by atoms with E-state index in [2.05, 4.69) is 20.5 Å². The number of azo groups is 2. The first-order chi connectivity index (χ1) is 21.7. The number of benzene rings is 3. The van der Waals surface area contributed by atoms with Crippen molar-refractivity contribution in [3.05, 3.63) is 68.7 Å². The Hall–Kier alpha value is -4.66. The number of halogens is 1. The van der Waals surface area contributed by atoms with Gasteiger partial charge in [-0.05, 0) is 38.5 Å². The van der Waals surface area contributed by atoms with Crippen molar-refractivity contribution in [2.45, 2.75) is 39.9 Å². The lowest BCUT2D eigenvalue weighted by Gasteiger charge is -2.26. The van der Waals surface area contributed by atoms with E-state index in [1.807, 2.05) is 11.8 Å². The number of hydrogen-bond donors (Lipinski definition) is 2. The lowest BCUT2D eigenvalue weighted by atomic mass is 10.1. The summed E-state index contributed by atoms with van der Waals surface area (Å²) >= 11 is 6.12. The van der Waals surface area contributed by atoms with Crippen LogP contribution in [-0.4, -0.2) is 55.0 Å². The Morgan fingerprint density at radius 1 is 0.889 bits per heavy atom. The van der Waals surface area contributed by atoms with Crippen molar-refractivity contribution in [2.24, 2.45) is 20.5 Å². The summed E-state index contributed by atoms with van der Waals surface area (Å²) in [7, 11) is 2.96. The largest absolute Gasteiger partial charge is 0.495 e. The molecule has 0 heterocycles. The molecule has 0 spiro atoms. The van der Waals surface area contributed by atoms with E-state index in [1.54, 1.807) is 19.1 Å². The maximum Gasteiger partial charge on any atom is 0.305 e. The zero-order valence-electron chi connectivity index (χ0n) is 25.4. The Balaban J connectivity index is 1.91. The lowest BCUT2D eigenvalue weighted by molar-refractivity contribution is -0.384. The van der Waals surface area contributed by atoms with Gasteiger partial charge in [-0.15, -0.1) is 20.5 Å². The molecule has 0 aromatic heterocycles. The summed E-state index contributed by atoms with van der Waals surface area (Å²) in [5, 5.41) is 48.1. The normalized spacial score (nSPS) is 11.3. The Morgan fingerprint density at radius 3 is 2.04 bits per heavy atom. The zero-order valence-corrected chi connectivity index (χ0v) is 26.2. The molecule has 3 aromatic carbocycles. The molecule has 0 amide bonds. The van der Waals surface area contributed by atoms with Gasteiger partial charge in [-0.1, -0.05) is 11.6 Å². The fourth-order valence-corrected chi connectivity index (χ4v) is 4.51. The van der Waals surface area contributed by atoms with Crippen LogP contribution in [0.3, 0.4) is 0 Å². The maximum atomic E-state index is 11.8. The number of nitrogens with zero attached hydrogens (tertiary/aromatic N) is 6. The molecule has 0 saturated carbocycles. The van der Waals surface area contributed by atoms with Gasteiger partial charge >= 0.3 is 5.97 Å². The number of ether oxygens (including phenoxy) is 3. The van der Waals surface area contributed by atoms with Crippen LogP contribution in [0.2, 0.25) is 5.02 Å². The van der Waals surface area contributed by atoms with Gasteiger partial charge in [0.2, 0.25) is 0 Å². The molecule has 0 radical (unpaired) electrons. The molecule has 0 aliphatic carbocycles. The summed E-state index contributed by atoms with van der Waals surface area (Å²) in [6.45, 7) is 4.54. The summed E-state index contributed by atoms with van der Waals surface area (Å²) in [5.74, 6) is 0.521. The number of anilines is 1. The average Bonchev–Trinajstić information content (AvgIpc) is 3.04. The summed E-state index contributed by atoms with van der Waals surface area (Å²) in [6, 6.07) is 10.3. The molecule has 2 N–H and O–H groups in total. The molecule has 45 heavy (non-hydrogen) atoms. The number of nitro groups is 1. The standard InChI is InChI=1S/C30H35ClN6O8/c1-5-36(11-7-8-30(40)45-6-2)27-13-20(18-39)25(16-29(27)44-4)34-35-26-12-19(17-38)24(15-28(26)43-3)33-32-23-10-9-21(37(41)42)14-22(23)31/h9-10,12-16,38-39H,5-8,11,17-18H2,1-4H3. The predicted molar refractivity (Wildman–Crippen MR) is 168 cm³/mol. The molecule has 0 unspecified atom stereocenters.